The Hall–Kier alpha value is -3.13. The lowest BCUT2D eigenvalue weighted by Gasteiger charge is -2.29. The second kappa shape index (κ2) is 14.1. The number of nitrogens with zero attached hydrogens (tertiary/aromatic N) is 5. The lowest BCUT2D eigenvalue weighted by Crippen LogP contribution is -2.44. The number of likely N-dealkylation sites (tertiary alicyclic amines) is 1. The molecule has 1 amide bonds. The van der Waals surface area contributed by atoms with E-state index in [1.165, 1.54) is 0 Å². The van der Waals surface area contributed by atoms with Gasteiger partial charge >= 0.3 is 0 Å². The Morgan fingerprint density at radius 3 is 2.47 bits per heavy atom. The molecule has 1 saturated carbocycles. The molecule has 0 spiro atoms. The summed E-state index contributed by atoms with van der Waals surface area (Å²) in [5.41, 5.74) is 2.16. The Kier molecular flexibility index (Phi) is 10.3. The highest BCUT2D eigenvalue weighted by Crippen LogP contribution is 2.34. The molecule has 234 valence electrons. The van der Waals surface area contributed by atoms with Crippen molar-refractivity contribution in [3.05, 3.63) is 30.5 Å². The Labute approximate surface area is 253 Å². The van der Waals surface area contributed by atoms with E-state index in [0.29, 0.717) is 24.5 Å². The van der Waals surface area contributed by atoms with E-state index in [9.17, 15) is 18.3 Å². The Morgan fingerprint density at radius 1 is 1.05 bits per heavy atom. The monoisotopic (exact) mass is 612 g/mol. The van der Waals surface area contributed by atoms with Crippen molar-refractivity contribution in [3.63, 3.8) is 0 Å². The maximum absolute atomic E-state index is 13.0. The molecule has 0 unspecified atom stereocenters. The molecule has 12 nitrogen and oxygen atoms in total. The molecule has 43 heavy (non-hydrogen) atoms. The predicted molar refractivity (Wildman–Crippen MR) is 166 cm³/mol. The Balaban J connectivity index is 1.28. The number of unbranched alkanes of at least 4 members (excludes halogenated alkanes) is 1. The van der Waals surface area contributed by atoms with Gasteiger partial charge in [-0.05, 0) is 77.2 Å². The van der Waals surface area contributed by atoms with Gasteiger partial charge in [0.1, 0.15) is 5.69 Å². The van der Waals surface area contributed by atoms with E-state index in [1.54, 1.807) is 30.5 Å². The van der Waals surface area contributed by atoms with Gasteiger partial charge in [-0.25, -0.2) is 22.8 Å². The van der Waals surface area contributed by atoms with E-state index in [-0.39, 0.29) is 42.0 Å². The standard InChI is InChI=1S/C30H44N8O4S/c1-3-4-16-31-30-32-20-26-28(36-38(29(26)35-30)23-7-9-24(39)10-8-23)21-5-11-25(12-6-21)43(41,42)33-17-13-27(40)34-22-14-18-37(2)19-15-22/h5-6,11-12,20,22-24,33,39H,3-4,7-10,13-19H2,1-2H3,(H,34,40)(H,31,32,35). The summed E-state index contributed by atoms with van der Waals surface area (Å²) in [5.74, 6) is 0.408. The molecule has 1 aromatic carbocycles. The van der Waals surface area contributed by atoms with Crippen LogP contribution in [0.25, 0.3) is 22.3 Å². The molecule has 5 rings (SSSR count). The van der Waals surface area contributed by atoms with Gasteiger partial charge in [0, 0.05) is 37.3 Å². The number of rotatable bonds is 12. The zero-order valence-electron chi connectivity index (χ0n) is 25.1. The van der Waals surface area contributed by atoms with E-state index in [2.05, 4.69) is 39.2 Å². The Morgan fingerprint density at radius 2 is 1.77 bits per heavy atom. The minimum atomic E-state index is -3.79. The molecule has 0 radical (unpaired) electrons. The summed E-state index contributed by atoms with van der Waals surface area (Å²) in [6.07, 6.45) is 8.51. The second-order valence-corrected chi connectivity index (χ2v) is 13.6. The average molecular weight is 613 g/mol. The van der Waals surface area contributed by atoms with Gasteiger partial charge in [-0.1, -0.05) is 25.5 Å². The molecule has 1 aliphatic heterocycles. The van der Waals surface area contributed by atoms with E-state index in [1.807, 2.05) is 4.68 Å². The van der Waals surface area contributed by atoms with Crippen molar-refractivity contribution in [3.8, 4) is 11.3 Å². The number of hydrogen-bond donors (Lipinski definition) is 4. The van der Waals surface area contributed by atoms with Gasteiger partial charge in [0.25, 0.3) is 0 Å². The van der Waals surface area contributed by atoms with Crippen molar-refractivity contribution in [1.29, 1.82) is 0 Å². The molecule has 3 heterocycles. The van der Waals surface area contributed by atoms with Crippen molar-refractivity contribution in [1.82, 2.24) is 34.7 Å². The number of amides is 1. The summed E-state index contributed by atoms with van der Waals surface area (Å²) in [6.45, 7) is 4.83. The van der Waals surface area contributed by atoms with E-state index >= 15 is 0 Å². The predicted octanol–water partition coefficient (Wildman–Crippen LogP) is 3.06. The fraction of sp³-hybridized carbons (Fsp3) is 0.600. The summed E-state index contributed by atoms with van der Waals surface area (Å²) < 4.78 is 30.4. The van der Waals surface area contributed by atoms with Crippen molar-refractivity contribution in [2.24, 2.45) is 0 Å². The number of carbonyl (C=O) groups excluding carboxylic acids is 1. The van der Waals surface area contributed by atoms with Crippen LogP contribution in [0.2, 0.25) is 0 Å². The smallest absolute Gasteiger partial charge is 0.240 e. The molecule has 1 saturated heterocycles. The fourth-order valence-corrected chi connectivity index (χ4v) is 6.82. The molecular weight excluding hydrogens is 568 g/mol. The van der Waals surface area contributed by atoms with E-state index in [0.717, 1.165) is 74.8 Å². The number of hydrogen-bond acceptors (Lipinski definition) is 9. The van der Waals surface area contributed by atoms with Crippen molar-refractivity contribution >= 4 is 32.9 Å². The van der Waals surface area contributed by atoms with Crippen LogP contribution in [-0.2, 0) is 14.8 Å². The number of aliphatic hydroxyl groups is 1. The first-order valence-corrected chi connectivity index (χ1v) is 17.0. The van der Waals surface area contributed by atoms with Crippen LogP contribution < -0.4 is 15.4 Å². The molecule has 2 fully saturated rings. The third-order valence-corrected chi connectivity index (χ3v) is 9.92. The third kappa shape index (κ3) is 7.88. The van der Waals surface area contributed by atoms with Gasteiger partial charge in [-0.3, -0.25) is 4.79 Å². The van der Waals surface area contributed by atoms with E-state index in [4.69, 9.17) is 10.1 Å². The molecule has 1 aliphatic carbocycles. The van der Waals surface area contributed by atoms with Gasteiger partial charge in [0.2, 0.25) is 21.9 Å². The number of benzene rings is 1. The molecule has 13 heteroatoms. The van der Waals surface area contributed by atoms with Crippen LogP contribution in [0.3, 0.4) is 0 Å². The summed E-state index contributed by atoms with van der Waals surface area (Å²) in [4.78, 5) is 24.0. The molecule has 0 atom stereocenters. The number of carbonyl (C=O) groups is 1. The van der Waals surface area contributed by atoms with Crippen LogP contribution >= 0.6 is 0 Å². The number of anilines is 1. The first-order chi connectivity index (χ1) is 20.7. The van der Waals surface area contributed by atoms with Crippen LogP contribution in [0.5, 0.6) is 0 Å². The average Bonchev–Trinajstić information content (AvgIpc) is 3.38. The number of sulfonamides is 1. The van der Waals surface area contributed by atoms with Crippen LogP contribution in [0.4, 0.5) is 5.95 Å². The van der Waals surface area contributed by atoms with Gasteiger partial charge < -0.3 is 20.6 Å². The molecule has 4 N–H and O–H groups in total. The largest absolute Gasteiger partial charge is 0.393 e. The fourth-order valence-electron chi connectivity index (χ4n) is 5.78. The van der Waals surface area contributed by atoms with Crippen molar-refractivity contribution in [2.45, 2.75) is 87.8 Å². The quantitative estimate of drug-likeness (QED) is 0.226. The normalized spacial score (nSPS) is 20.3. The number of piperidine rings is 1. The number of aliphatic hydroxyl groups excluding tert-OH is 1. The van der Waals surface area contributed by atoms with Gasteiger partial charge in [0.05, 0.1) is 22.4 Å². The van der Waals surface area contributed by atoms with E-state index < -0.39 is 10.0 Å². The second-order valence-electron chi connectivity index (χ2n) is 11.8. The Bertz CT molecular complexity index is 1480. The summed E-state index contributed by atoms with van der Waals surface area (Å²) in [6, 6.07) is 6.85. The van der Waals surface area contributed by atoms with Crippen LogP contribution in [0, 0.1) is 0 Å². The van der Waals surface area contributed by atoms with Crippen molar-refractivity contribution < 1.29 is 18.3 Å². The minimum absolute atomic E-state index is 0.0274. The molecule has 2 aromatic heterocycles. The third-order valence-electron chi connectivity index (χ3n) is 8.44. The van der Waals surface area contributed by atoms with Gasteiger partial charge in [-0.15, -0.1) is 0 Å². The lowest BCUT2D eigenvalue weighted by atomic mass is 9.93. The zero-order valence-corrected chi connectivity index (χ0v) is 25.9. The highest BCUT2D eigenvalue weighted by Gasteiger charge is 2.26. The zero-order chi connectivity index (χ0) is 30.4. The SMILES string of the molecule is CCCCNc1ncc2c(-c3ccc(S(=O)(=O)NCCC(=O)NC4CCN(C)CC4)cc3)nn(C3CCC(O)CC3)c2n1. The van der Waals surface area contributed by atoms with Crippen molar-refractivity contribution in [2.75, 3.05) is 38.5 Å². The maximum Gasteiger partial charge on any atom is 0.240 e. The molecule has 3 aromatic rings. The topological polar surface area (TPSA) is 154 Å². The number of nitrogens with one attached hydrogen (secondary N) is 3. The van der Waals surface area contributed by atoms with Crippen LogP contribution in [-0.4, -0.2) is 89.5 Å². The first kappa shape index (κ1) is 31.3. The van der Waals surface area contributed by atoms with Gasteiger partial charge in [0.15, 0.2) is 5.65 Å². The molecule has 2 aliphatic rings. The molecule has 0 bridgehead atoms. The minimum Gasteiger partial charge on any atom is -0.393 e. The highest BCUT2D eigenvalue weighted by molar-refractivity contribution is 7.89. The van der Waals surface area contributed by atoms with Gasteiger partial charge in [-0.2, -0.15) is 10.1 Å². The molecular formula is C30H44N8O4S. The summed E-state index contributed by atoms with van der Waals surface area (Å²) >= 11 is 0. The lowest BCUT2D eigenvalue weighted by molar-refractivity contribution is -0.121. The maximum atomic E-state index is 13.0. The highest BCUT2D eigenvalue weighted by atomic mass is 32.2. The van der Waals surface area contributed by atoms with Crippen LogP contribution in [0.1, 0.15) is 70.8 Å². The number of fused-ring (bicyclic) bond motifs is 1. The first-order valence-electron chi connectivity index (χ1n) is 15.5. The van der Waals surface area contributed by atoms with Crippen LogP contribution in [0.15, 0.2) is 35.4 Å². The summed E-state index contributed by atoms with van der Waals surface area (Å²) in [7, 11) is -1.73. The number of aromatic nitrogens is 4. The summed E-state index contributed by atoms with van der Waals surface area (Å²) in [5, 5.41) is 22.1.